The van der Waals surface area contributed by atoms with Crippen LogP contribution < -0.4 is 0 Å². The summed E-state index contributed by atoms with van der Waals surface area (Å²) >= 11 is 4.23. The molecule has 0 bridgehead atoms. The number of thiol groups is 1. The SMILES string of the molecule is Fc1ccc(F)c2[nH]c([C@@H](CS)Cc3ccc(C(F)(F)F)cc3)nc12. The van der Waals surface area contributed by atoms with E-state index in [0.29, 0.717) is 23.6 Å². The van der Waals surface area contributed by atoms with Crippen molar-refractivity contribution < 1.29 is 22.0 Å². The summed E-state index contributed by atoms with van der Waals surface area (Å²) in [6, 6.07) is 6.76. The van der Waals surface area contributed by atoms with Gasteiger partial charge in [-0.05, 0) is 36.2 Å². The summed E-state index contributed by atoms with van der Waals surface area (Å²) < 4.78 is 65.3. The summed E-state index contributed by atoms with van der Waals surface area (Å²) in [7, 11) is 0. The molecule has 2 nitrogen and oxygen atoms in total. The molecule has 0 fully saturated rings. The Morgan fingerprint density at radius 2 is 1.64 bits per heavy atom. The molecular formula is C17H13F5N2S. The second kappa shape index (κ2) is 6.67. The monoisotopic (exact) mass is 372 g/mol. The summed E-state index contributed by atoms with van der Waals surface area (Å²) in [4.78, 5) is 6.85. The van der Waals surface area contributed by atoms with Crippen LogP contribution in [0.3, 0.4) is 0 Å². The molecule has 0 spiro atoms. The van der Waals surface area contributed by atoms with Gasteiger partial charge in [0.05, 0.1) is 5.56 Å². The minimum atomic E-state index is -4.39. The summed E-state index contributed by atoms with van der Waals surface area (Å²) in [6.07, 6.45) is -4.06. The maximum atomic E-state index is 13.8. The third-order valence-corrected chi connectivity index (χ3v) is 4.37. The van der Waals surface area contributed by atoms with Gasteiger partial charge >= 0.3 is 6.18 Å². The zero-order chi connectivity index (χ0) is 18.2. The highest BCUT2D eigenvalue weighted by Gasteiger charge is 2.30. The van der Waals surface area contributed by atoms with E-state index in [9.17, 15) is 22.0 Å². The van der Waals surface area contributed by atoms with Gasteiger partial charge in [-0.15, -0.1) is 0 Å². The average molecular weight is 372 g/mol. The van der Waals surface area contributed by atoms with Gasteiger partial charge in [0, 0.05) is 11.7 Å². The Balaban J connectivity index is 1.88. The van der Waals surface area contributed by atoms with E-state index < -0.39 is 23.4 Å². The normalized spacial score (nSPS) is 13.4. The van der Waals surface area contributed by atoms with E-state index in [1.807, 2.05) is 0 Å². The number of nitrogens with zero attached hydrogens (tertiary/aromatic N) is 1. The number of fused-ring (bicyclic) bond motifs is 1. The molecule has 0 aliphatic carbocycles. The fourth-order valence-corrected chi connectivity index (χ4v) is 2.90. The van der Waals surface area contributed by atoms with Gasteiger partial charge in [-0.25, -0.2) is 13.8 Å². The number of alkyl halides is 3. The molecule has 0 saturated carbocycles. The summed E-state index contributed by atoms with van der Waals surface area (Å²) in [5.74, 6) is -0.946. The van der Waals surface area contributed by atoms with Crippen LogP contribution in [0.15, 0.2) is 36.4 Å². The van der Waals surface area contributed by atoms with Crippen molar-refractivity contribution in [3.8, 4) is 0 Å². The van der Waals surface area contributed by atoms with E-state index >= 15 is 0 Å². The van der Waals surface area contributed by atoms with Crippen molar-refractivity contribution >= 4 is 23.7 Å². The Labute approximate surface area is 145 Å². The first kappa shape index (κ1) is 17.7. The highest BCUT2D eigenvalue weighted by Crippen LogP contribution is 2.30. The minimum Gasteiger partial charge on any atom is -0.339 e. The van der Waals surface area contributed by atoms with Crippen molar-refractivity contribution in [2.45, 2.75) is 18.5 Å². The van der Waals surface area contributed by atoms with E-state index in [-0.39, 0.29) is 17.0 Å². The zero-order valence-corrected chi connectivity index (χ0v) is 13.6. The lowest BCUT2D eigenvalue weighted by atomic mass is 9.99. The average Bonchev–Trinajstić information content (AvgIpc) is 3.02. The van der Waals surface area contributed by atoms with Gasteiger partial charge in [0.2, 0.25) is 0 Å². The quantitative estimate of drug-likeness (QED) is 0.483. The zero-order valence-electron chi connectivity index (χ0n) is 12.7. The molecule has 0 amide bonds. The number of hydrogen-bond acceptors (Lipinski definition) is 2. The van der Waals surface area contributed by atoms with Gasteiger partial charge in [-0.2, -0.15) is 25.8 Å². The van der Waals surface area contributed by atoms with E-state index in [0.717, 1.165) is 24.3 Å². The molecule has 1 aromatic heterocycles. The number of aromatic nitrogens is 2. The number of benzene rings is 2. The summed E-state index contributed by atoms with van der Waals surface area (Å²) in [5, 5.41) is 0. The minimum absolute atomic E-state index is 0.0331. The number of hydrogen-bond donors (Lipinski definition) is 2. The number of nitrogens with one attached hydrogen (secondary N) is 1. The number of imidazole rings is 1. The molecule has 0 aliphatic rings. The first-order chi connectivity index (χ1) is 11.8. The van der Waals surface area contributed by atoms with E-state index in [2.05, 4.69) is 22.6 Å². The summed E-state index contributed by atoms with van der Waals surface area (Å²) in [5.41, 5.74) is -0.219. The first-order valence-corrected chi connectivity index (χ1v) is 8.03. The van der Waals surface area contributed by atoms with Crippen LogP contribution in [0.4, 0.5) is 22.0 Å². The van der Waals surface area contributed by atoms with Crippen LogP contribution in [0.1, 0.15) is 22.9 Å². The van der Waals surface area contributed by atoms with Gasteiger partial charge < -0.3 is 4.98 Å². The fourth-order valence-electron chi connectivity index (χ4n) is 2.60. The molecule has 0 aliphatic heterocycles. The third kappa shape index (κ3) is 3.63. The van der Waals surface area contributed by atoms with Gasteiger partial charge in [0.15, 0.2) is 5.82 Å². The molecule has 3 aromatic rings. The van der Waals surface area contributed by atoms with E-state index in [1.165, 1.54) is 12.1 Å². The number of rotatable bonds is 4. The van der Waals surface area contributed by atoms with Crippen molar-refractivity contribution in [1.82, 2.24) is 9.97 Å². The molecule has 1 atom stereocenters. The van der Waals surface area contributed by atoms with Crippen LogP contribution in [-0.4, -0.2) is 15.7 Å². The van der Waals surface area contributed by atoms with Gasteiger partial charge in [-0.3, -0.25) is 0 Å². The number of halogens is 5. The van der Waals surface area contributed by atoms with Crippen molar-refractivity contribution in [2.24, 2.45) is 0 Å². The molecular weight excluding hydrogens is 359 g/mol. The molecule has 0 saturated heterocycles. The van der Waals surface area contributed by atoms with Crippen LogP contribution in [0.25, 0.3) is 11.0 Å². The van der Waals surface area contributed by atoms with Gasteiger partial charge in [-0.1, -0.05) is 12.1 Å². The highest BCUT2D eigenvalue weighted by atomic mass is 32.1. The van der Waals surface area contributed by atoms with Crippen LogP contribution >= 0.6 is 12.6 Å². The van der Waals surface area contributed by atoms with E-state index in [1.54, 1.807) is 0 Å². The Morgan fingerprint density at radius 3 is 2.20 bits per heavy atom. The Bertz CT molecular complexity index is 847. The van der Waals surface area contributed by atoms with Crippen LogP contribution in [0.2, 0.25) is 0 Å². The van der Waals surface area contributed by atoms with Gasteiger partial charge in [0.25, 0.3) is 0 Å². The lowest BCUT2D eigenvalue weighted by molar-refractivity contribution is -0.137. The first-order valence-electron chi connectivity index (χ1n) is 7.40. The summed E-state index contributed by atoms with van der Waals surface area (Å²) in [6.45, 7) is 0. The molecule has 1 N–H and O–H groups in total. The molecule has 8 heteroatoms. The molecule has 132 valence electrons. The largest absolute Gasteiger partial charge is 0.416 e. The predicted molar refractivity (Wildman–Crippen MR) is 87.8 cm³/mol. The maximum absolute atomic E-state index is 13.8. The fraction of sp³-hybridized carbons (Fsp3) is 0.235. The van der Waals surface area contributed by atoms with Crippen LogP contribution in [-0.2, 0) is 12.6 Å². The Kier molecular flexibility index (Phi) is 4.73. The van der Waals surface area contributed by atoms with Crippen LogP contribution in [0, 0.1) is 11.6 Å². The standard InChI is InChI=1S/C17H13F5N2S/c18-12-5-6-13(19)15-14(12)23-16(24-15)10(8-25)7-9-1-3-11(4-2-9)17(20,21)22/h1-6,10,25H,7-8H2,(H,23,24)/t10-/m1/s1. The molecule has 1 heterocycles. The molecule has 25 heavy (non-hydrogen) atoms. The Morgan fingerprint density at radius 1 is 1.00 bits per heavy atom. The second-order valence-electron chi connectivity index (χ2n) is 5.65. The lowest BCUT2D eigenvalue weighted by Crippen LogP contribution is -2.08. The highest BCUT2D eigenvalue weighted by molar-refractivity contribution is 7.80. The second-order valence-corrected chi connectivity index (χ2v) is 6.02. The molecule has 0 radical (unpaired) electrons. The molecule has 2 aromatic carbocycles. The van der Waals surface area contributed by atoms with E-state index in [4.69, 9.17) is 0 Å². The van der Waals surface area contributed by atoms with Crippen LogP contribution in [0.5, 0.6) is 0 Å². The predicted octanol–water partition coefficient (Wildman–Crippen LogP) is 5.12. The smallest absolute Gasteiger partial charge is 0.339 e. The van der Waals surface area contributed by atoms with Crippen molar-refractivity contribution in [3.05, 3.63) is 65.0 Å². The van der Waals surface area contributed by atoms with Crippen molar-refractivity contribution in [2.75, 3.05) is 5.75 Å². The van der Waals surface area contributed by atoms with Crippen molar-refractivity contribution in [3.63, 3.8) is 0 Å². The van der Waals surface area contributed by atoms with Crippen molar-refractivity contribution in [1.29, 1.82) is 0 Å². The molecule has 0 unspecified atom stereocenters. The third-order valence-electron chi connectivity index (χ3n) is 3.93. The Hall–Kier alpha value is -2.09. The maximum Gasteiger partial charge on any atom is 0.416 e. The van der Waals surface area contributed by atoms with Gasteiger partial charge in [0.1, 0.15) is 22.7 Å². The lowest BCUT2D eigenvalue weighted by Gasteiger charge is -2.13. The number of H-pyrrole nitrogens is 1. The topological polar surface area (TPSA) is 28.7 Å². The molecule has 3 rings (SSSR count). The number of aromatic amines is 1.